The van der Waals surface area contributed by atoms with Crippen LogP contribution in [-0.4, -0.2) is 46.1 Å². The number of imidazole rings is 1. The van der Waals surface area contributed by atoms with E-state index in [1.165, 1.54) is 5.69 Å². The average Bonchev–Trinajstić information content (AvgIpc) is 2.98. The molecule has 0 bridgehead atoms. The van der Waals surface area contributed by atoms with Crippen LogP contribution in [0.3, 0.4) is 0 Å². The lowest BCUT2D eigenvalue weighted by atomic mass is 10.1. The molecule has 0 saturated heterocycles. The van der Waals surface area contributed by atoms with Crippen LogP contribution in [0.15, 0.2) is 30.6 Å². The first kappa shape index (κ1) is 17.5. The van der Waals surface area contributed by atoms with Gasteiger partial charge in [-0.25, -0.2) is 4.98 Å². The molecule has 0 spiro atoms. The van der Waals surface area contributed by atoms with Crippen molar-refractivity contribution in [2.24, 2.45) is 7.05 Å². The molecule has 1 aromatic carbocycles. The maximum Gasteiger partial charge on any atom is 0.237 e. The molecule has 1 aliphatic rings. The Morgan fingerprint density at radius 2 is 2.28 bits per heavy atom. The fraction of sp³-hybridized carbons (Fsp3) is 0.474. The summed E-state index contributed by atoms with van der Waals surface area (Å²) in [5, 5.41) is 2.96. The molecular formula is C19H26N4O2. The van der Waals surface area contributed by atoms with E-state index in [1.54, 1.807) is 0 Å². The molecule has 2 heterocycles. The van der Waals surface area contributed by atoms with Crippen LogP contribution in [0.5, 0.6) is 5.75 Å². The van der Waals surface area contributed by atoms with Gasteiger partial charge in [-0.05, 0) is 31.5 Å². The van der Waals surface area contributed by atoms with Crippen molar-refractivity contribution in [1.82, 2.24) is 19.8 Å². The minimum absolute atomic E-state index is 0.0345. The SMILES string of the molecule is Cc1cccc(OCCNC(=O)[C@H](C)N2CCc3c(ncn3C)C2)c1. The second-order valence-electron chi connectivity index (χ2n) is 6.60. The molecule has 1 atom stereocenters. The lowest BCUT2D eigenvalue weighted by Gasteiger charge is -2.31. The van der Waals surface area contributed by atoms with E-state index >= 15 is 0 Å². The Hall–Kier alpha value is -2.34. The summed E-state index contributed by atoms with van der Waals surface area (Å²) in [6.45, 7) is 6.55. The zero-order valence-corrected chi connectivity index (χ0v) is 15.2. The Morgan fingerprint density at radius 1 is 1.44 bits per heavy atom. The average molecular weight is 342 g/mol. The standard InChI is InChI=1S/C19H26N4O2/c1-14-5-4-6-16(11-14)25-10-8-20-19(24)15(2)23-9-7-18-17(12-23)21-13-22(18)3/h4-6,11,13,15H,7-10,12H2,1-3H3,(H,20,24)/t15-/m0/s1. The second-order valence-corrected chi connectivity index (χ2v) is 6.60. The van der Waals surface area contributed by atoms with Crippen LogP contribution < -0.4 is 10.1 Å². The lowest BCUT2D eigenvalue weighted by molar-refractivity contribution is -0.126. The number of amides is 1. The number of fused-ring (bicyclic) bond motifs is 1. The van der Waals surface area contributed by atoms with Crippen molar-refractivity contribution in [3.8, 4) is 5.75 Å². The summed E-state index contributed by atoms with van der Waals surface area (Å²) in [5.41, 5.74) is 3.51. The number of carbonyl (C=O) groups is 1. The lowest BCUT2D eigenvalue weighted by Crippen LogP contribution is -2.47. The van der Waals surface area contributed by atoms with Gasteiger partial charge in [-0.2, -0.15) is 0 Å². The molecule has 1 amide bonds. The molecular weight excluding hydrogens is 316 g/mol. The first-order chi connectivity index (χ1) is 12.0. The summed E-state index contributed by atoms with van der Waals surface area (Å²) in [6, 6.07) is 7.74. The minimum Gasteiger partial charge on any atom is -0.492 e. The molecule has 25 heavy (non-hydrogen) atoms. The summed E-state index contributed by atoms with van der Waals surface area (Å²) in [4.78, 5) is 19.0. The largest absolute Gasteiger partial charge is 0.492 e. The summed E-state index contributed by atoms with van der Waals surface area (Å²) in [6.07, 6.45) is 2.78. The van der Waals surface area contributed by atoms with Crippen molar-refractivity contribution in [1.29, 1.82) is 0 Å². The van der Waals surface area contributed by atoms with Crippen molar-refractivity contribution in [3.05, 3.63) is 47.5 Å². The molecule has 0 unspecified atom stereocenters. The summed E-state index contributed by atoms with van der Waals surface area (Å²) in [5.74, 6) is 0.869. The molecule has 1 aliphatic heterocycles. The van der Waals surface area contributed by atoms with Crippen LogP contribution in [-0.2, 0) is 24.8 Å². The van der Waals surface area contributed by atoms with Gasteiger partial charge in [0.25, 0.3) is 0 Å². The van der Waals surface area contributed by atoms with Crippen molar-refractivity contribution in [2.45, 2.75) is 32.9 Å². The number of rotatable bonds is 6. The summed E-state index contributed by atoms with van der Waals surface area (Å²) in [7, 11) is 2.02. The number of aromatic nitrogens is 2. The van der Waals surface area contributed by atoms with Crippen molar-refractivity contribution in [2.75, 3.05) is 19.7 Å². The number of benzene rings is 1. The molecule has 6 nitrogen and oxygen atoms in total. The minimum atomic E-state index is -0.172. The molecule has 0 fully saturated rings. The van der Waals surface area contributed by atoms with Gasteiger partial charge in [0.05, 0.1) is 24.6 Å². The number of carbonyl (C=O) groups excluding carboxylic acids is 1. The van der Waals surface area contributed by atoms with Crippen molar-refractivity contribution in [3.63, 3.8) is 0 Å². The van der Waals surface area contributed by atoms with E-state index in [2.05, 4.69) is 19.8 Å². The molecule has 6 heteroatoms. The highest BCUT2D eigenvalue weighted by Gasteiger charge is 2.27. The highest BCUT2D eigenvalue weighted by atomic mass is 16.5. The van der Waals surface area contributed by atoms with Gasteiger partial charge < -0.3 is 14.6 Å². The zero-order valence-electron chi connectivity index (χ0n) is 15.2. The van der Waals surface area contributed by atoms with E-state index in [0.717, 1.165) is 36.5 Å². The van der Waals surface area contributed by atoms with Crippen LogP contribution in [0.25, 0.3) is 0 Å². The van der Waals surface area contributed by atoms with Crippen LogP contribution in [0.4, 0.5) is 0 Å². The molecule has 0 saturated carbocycles. The van der Waals surface area contributed by atoms with E-state index in [-0.39, 0.29) is 11.9 Å². The first-order valence-electron chi connectivity index (χ1n) is 8.75. The zero-order chi connectivity index (χ0) is 17.8. The van der Waals surface area contributed by atoms with Gasteiger partial charge in [-0.1, -0.05) is 12.1 Å². The number of hydrogen-bond donors (Lipinski definition) is 1. The van der Waals surface area contributed by atoms with Gasteiger partial charge in [0.15, 0.2) is 0 Å². The summed E-state index contributed by atoms with van der Waals surface area (Å²) < 4.78 is 7.74. The smallest absolute Gasteiger partial charge is 0.237 e. The molecule has 0 radical (unpaired) electrons. The Labute approximate surface area is 148 Å². The highest BCUT2D eigenvalue weighted by molar-refractivity contribution is 5.81. The molecule has 1 aromatic heterocycles. The van der Waals surface area contributed by atoms with Crippen molar-refractivity contribution < 1.29 is 9.53 Å². The number of nitrogens with zero attached hydrogens (tertiary/aromatic N) is 3. The third-order valence-corrected chi connectivity index (χ3v) is 4.72. The predicted molar refractivity (Wildman–Crippen MR) is 96.5 cm³/mol. The van der Waals surface area contributed by atoms with Gasteiger partial charge in [0.1, 0.15) is 12.4 Å². The normalized spacial score (nSPS) is 15.5. The second kappa shape index (κ2) is 7.70. The van der Waals surface area contributed by atoms with E-state index in [1.807, 2.05) is 51.5 Å². The summed E-state index contributed by atoms with van der Waals surface area (Å²) >= 11 is 0. The van der Waals surface area contributed by atoms with E-state index in [9.17, 15) is 4.79 Å². The quantitative estimate of drug-likeness (QED) is 0.812. The molecule has 0 aliphatic carbocycles. The molecule has 2 aromatic rings. The number of nitrogens with one attached hydrogen (secondary N) is 1. The van der Waals surface area contributed by atoms with Crippen molar-refractivity contribution >= 4 is 5.91 Å². The van der Waals surface area contributed by atoms with Gasteiger partial charge in [0.2, 0.25) is 5.91 Å². The van der Waals surface area contributed by atoms with Gasteiger partial charge in [-0.15, -0.1) is 0 Å². The fourth-order valence-electron chi connectivity index (χ4n) is 3.17. The van der Waals surface area contributed by atoms with Crippen LogP contribution in [0.2, 0.25) is 0 Å². The molecule has 134 valence electrons. The Morgan fingerprint density at radius 3 is 3.08 bits per heavy atom. The number of hydrogen-bond acceptors (Lipinski definition) is 4. The first-order valence-corrected chi connectivity index (χ1v) is 8.75. The predicted octanol–water partition coefficient (Wildman–Crippen LogP) is 1.67. The van der Waals surface area contributed by atoms with Crippen LogP contribution in [0, 0.1) is 6.92 Å². The maximum atomic E-state index is 12.4. The fourth-order valence-corrected chi connectivity index (χ4v) is 3.17. The maximum absolute atomic E-state index is 12.4. The monoisotopic (exact) mass is 342 g/mol. The molecule has 1 N–H and O–H groups in total. The third-order valence-electron chi connectivity index (χ3n) is 4.72. The van der Waals surface area contributed by atoms with Gasteiger partial charge in [-0.3, -0.25) is 9.69 Å². The van der Waals surface area contributed by atoms with Gasteiger partial charge >= 0.3 is 0 Å². The Balaban J connectivity index is 1.44. The van der Waals surface area contributed by atoms with Gasteiger partial charge in [0, 0.05) is 32.3 Å². The number of aryl methyl sites for hydroxylation is 2. The van der Waals surface area contributed by atoms with E-state index < -0.39 is 0 Å². The van der Waals surface area contributed by atoms with Crippen LogP contribution >= 0.6 is 0 Å². The molecule has 3 rings (SSSR count). The van der Waals surface area contributed by atoms with Crippen LogP contribution in [0.1, 0.15) is 23.9 Å². The topological polar surface area (TPSA) is 59.4 Å². The number of ether oxygens (including phenoxy) is 1. The highest BCUT2D eigenvalue weighted by Crippen LogP contribution is 2.18. The van der Waals surface area contributed by atoms with E-state index in [4.69, 9.17) is 4.74 Å². The van der Waals surface area contributed by atoms with E-state index in [0.29, 0.717) is 13.2 Å². The Kier molecular flexibility index (Phi) is 5.38. The Bertz CT molecular complexity index is 741. The third kappa shape index (κ3) is 4.20.